The van der Waals surface area contributed by atoms with E-state index >= 15 is 0 Å². The Kier molecular flexibility index (Phi) is 5.02. The number of hydrogen-bond donors (Lipinski definition) is 2. The Morgan fingerprint density at radius 1 is 1.42 bits per heavy atom. The van der Waals surface area contributed by atoms with Crippen LogP contribution in [0.5, 0.6) is 0 Å². The first kappa shape index (κ1) is 14.6. The molecule has 1 amide bonds. The number of rotatable bonds is 2. The van der Waals surface area contributed by atoms with Crippen LogP contribution in [0.25, 0.3) is 0 Å². The molecule has 2 heterocycles. The maximum atomic E-state index is 12.2. The Morgan fingerprint density at radius 3 is 2.95 bits per heavy atom. The van der Waals surface area contributed by atoms with E-state index in [2.05, 4.69) is 15.6 Å². The van der Waals surface area contributed by atoms with Crippen molar-refractivity contribution in [3.05, 3.63) is 21.9 Å². The van der Waals surface area contributed by atoms with Crippen LogP contribution in [0.15, 0.2) is 6.07 Å². The van der Waals surface area contributed by atoms with Gasteiger partial charge in [0.1, 0.15) is 5.15 Å². The molecule has 1 fully saturated rings. The molecule has 1 aliphatic rings. The van der Waals surface area contributed by atoms with Crippen LogP contribution in [-0.4, -0.2) is 23.5 Å². The molecule has 1 saturated heterocycles. The van der Waals surface area contributed by atoms with Gasteiger partial charge in [0.25, 0.3) is 0 Å². The lowest BCUT2D eigenvalue weighted by Gasteiger charge is -2.17. The van der Waals surface area contributed by atoms with E-state index in [1.165, 1.54) is 6.42 Å². The molecule has 104 valence electrons. The zero-order valence-electron chi connectivity index (χ0n) is 10.8. The van der Waals surface area contributed by atoms with E-state index in [1.807, 2.05) is 6.92 Å². The van der Waals surface area contributed by atoms with Crippen LogP contribution < -0.4 is 10.6 Å². The number of carbonyl (C=O) groups excluding carboxylic acids is 1. The van der Waals surface area contributed by atoms with Crippen molar-refractivity contribution in [1.29, 1.82) is 0 Å². The molecule has 6 heteroatoms. The monoisotopic (exact) mass is 301 g/mol. The van der Waals surface area contributed by atoms with Gasteiger partial charge in [-0.15, -0.1) is 0 Å². The number of pyridine rings is 1. The number of halogens is 2. The van der Waals surface area contributed by atoms with Gasteiger partial charge in [0.15, 0.2) is 5.15 Å². The van der Waals surface area contributed by atoms with E-state index in [-0.39, 0.29) is 17.1 Å². The summed E-state index contributed by atoms with van der Waals surface area (Å²) in [6, 6.07) is 1.53. The van der Waals surface area contributed by atoms with Crippen molar-refractivity contribution in [3.8, 4) is 0 Å². The Balaban J connectivity index is 2.10. The zero-order valence-corrected chi connectivity index (χ0v) is 12.3. The molecule has 0 aromatic carbocycles. The van der Waals surface area contributed by atoms with Crippen molar-refractivity contribution < 1.29 is 4.79 Å². The van der Waals surface area contributed by atoms with Crippen LogP contribution in [0.2, 0.25) is 10.3 Å². The van der Waals surface area contributed by atoms with E-state index < -0.39 is 0 Å². The number of anilines is 1. The van der Waals surface area contributed by atoms with Crippen molar-refractivity contribution in [2.75, 3.05) is 11.9 Å². The highest BCUT2D eigenvalue weighted by Crippen LogP contribution is 2.26. The van der Waals surface area contributed by atoms with E-state index in [0.29, 0.717) is 10.8 Å². The molecular weight excluding hydrogens is 285 g/mol. The minimum Gasteiger partial charge on any atom is -0.322 e. The number of carbonyl (C=O) groups is 1. The summed E-state index contributed by atoms with van der Waals surface area (Å²) in [7, 11) is 0. The minimum absolute atomic E-state index is 0.0592. The van der Waals surface area contributed by atoms with Gasteiger partial charge in [0, 0.05) is 0 Å². The highest BCUT2D eigenvalue weighted by Gasteiger charge is 2.21. The number of aromatic nitrogens is 1. The van der Waals surface area contributed by atoms with Gasteiger partial charge >= 0.3 is 0 Å². The Labute approximate surface area is 122 Å². The third-order valence-electron chi connectivity index (χ3n) is 3.27. The average molecular weight is 302 g/mol. The highest BCUT2D eigenvalue weighted by molar-refractivity contribution is 6.34. The summed E-state index contributed by atoms with van der Waals surface area (Å²) in [5.74, 6) is -0.0592. The average Bonchev–Trinajstić information content (AvgIpc) is 2.62. The van der Waals surface area contributed by atoms with Crippen molar-refractivity contribution >= 4 is 34.8 Å². The van der Waals surface area contributed by atoms with Crippen LogP contribution in [0.4, 0.5) is 5.69 Å². The molecule has 4 nitrogen and oxygen atoms in total. The van der Waals surface area contributed by atoms with Crippen LogP contribution in [0, 0.1) is 6.92 Å². The van der Waals surface area contributed by atoms with Crippen LogP contribution in [-0.2, 0) is 4.79 Å². The first-order chi connectivity index (χ1) is 9.08. The fraction of sp³-hybridized carbons (Fsp3) is 0.538. The molecule has 19 heavy (non-hydrogen) atoms. The lowest BCUT2D eigenvalue weighted by atomic mass is 10.1. The van der Waals surface area contributed by atoms with E-state index in [4.69, 9.17) is 23.2 Å². The fourth-order valence-electron chi connectivity index (χ4n) is 2.21. The molecule has 1 aliphatic heterocycles. The Hall–Kier alpha value is -0.840. The minimum atomic E-state index is -0.159. The molecule has 0 saturated carbocycles. The largest absolute Gasteiger partial charge is 0.322 e. The van der Waals surface area contributed by atoms with Gasteiger partial charge in [0.2, 0.25) is 5.91 Å². The maximum absolute atomic E-state index is 12.2. The second-order valence-corrected chi connectivity index (χ2v) is 5.52. The van der Waals surface area contributed by atoms with Crippen molar-refractivity contribution in [1.82, 2.24) is 10.3 Å². The number of nitrogens with zero attached hydrogens (tertiary/aromatic N) is 1. The van der Waals surface area contributed by atoms with Gasteiger partial charge < -0.3 is 10.6 Å². The molecule has 1 aromatic heterocycles. The number of hydrogen-bond acceptors (Lipinski definition) is 3. The van der Waals surface area contributed by atoms with Crippen LogP contribution in [0.3, 0.4) is 0 Å². The summed E-state index contributed by atoms with van der Waals surface area (Å²) in [6.07, 6.45) is 4.20. The topological polar surface area (TPSA) is 54.0 Å². The standard InChI is InChI=1S/C13H17Cl2N3O/c1-8-7-10(14)17-12(15)11(8)18-13(19)9-5-3-2-4-6-16-9/h7,9,16H,2-6H2,1H3,(H,18,19). The molecule has 1 unspecified atom stereocenters. The summed E-state index contributed by atoms with van der Waals surface area (Å²) < 4.78 is 0. The van der Waals surface area contributed by atoms with Gasteiger partial charge in [-0.25, -0.2) is 4.98 Å². The van der Waals surface area contributed by atoms with E-state index in [1.54, 1.807) is 6.07 Å². The molecule has 0 radical (unpaired) electrons. The van der Waals surface area contributed by atoms with Crippen LogP contribution in [0.1, 0.15) is 31.2 Å². The number of aryl methyl sites for hydroxylation is 1. The summed E-state index contributed by atoms with van der Waals surface area (Å²) in [6.45, 7) is 2.72. The van der Waals surface area contributed by atoms with Gasteiger partial charge in [-0.2, -0.15) is 0 Å². The third-order valence-corrected chi connectivity index (χ3v) is 3.73. The first-order valence-corrected chi connectivity index (χ1v) is 7.20. The van der Waals surface area contributed by atoms with Gasteiger partial charge in [-0.1, -0.05) is 36.0 Å². The quantitative estimate of drug-likeness (QED) is 0.825. The van der Waals surface area contributed by atoms with E-state index in [9.17, 15) is 4.79 Å². The van der Waals surface area contributed by atoms with Crippen molar-refractivity contribution in [3.63, 3.8) is 0 Å². The van der Waals surface area contributed by atoms with Gasteiger partial charge in [-0.05, 0) is 37.9 Å². The second-order valence-electron chi connectivity index (χ2n) is 4.77. The molecule has 2 rings (SSSR count). The summed E-state index contributed by atoms with van der Waals surface area (Å²) in [4.78, 5) is 16.2. The van der Waals surface area contributed by atoms with Crippen molar-refractivity contribution in [2.45, 2.75) is 38.6 Å². The molecule has 0 spiro atoms. The summed E-state index contributed by atoms with van der Waals surface area (Å²) >= 11 is 11.8. The van der Waals surface area contributed by atoms with Gasteiger partial charge in [0.05, 0.1) is 11.7 Å². The highest BCUT2D eigenvalue weighted by atomic mass is 35.5. The Bertz CT molecular complexity index is 448. The molecule has 0 bridgehead atoms. The molecule has 0 aliphatic carbocycles. The third kappa shape index (κ3) is 3.81. The number of nitrogens with one attached hydrogen (secondary N) is 2. The summed E-state index contributed by atoms with van der Waals surface area (Å²) in [5, 5.41) is 6.65. The Morgan fingerprint density at radius 2 is 2.21 bits per heavy atom. The lowest BCUT2D eigenvalue weighted by Crippen LogP contribution is -2.40. The second kappa shape index (κ2) is 6.55. The zero-order chi connectivity index (χ0) is 13.8. The SMILES string of the molecule is Cc1cc(Cl)nc(Cl)c1NC(=O)C1CCCCCN1. The predicted molar refractivity (Wildman–Crippen MR) is 77.9 cm³/mol. The van der Waals surface area contributed by atoms with E-state index in [0.717, 1.165) is 31.4 Å². The first-order valence-electron chi connectivity index (χ1n) is 6.45. The smallest absolute Gasteiger partial charge is 0.241 e. The fourth-order valence-corrected chi connectivity index (χ4v) is 2.79. The lowest BCUT2D eigenvalue weighted by molar-refractivity contribution is -0.118. The van der Waals surface area contributed by atoms with Crippen LogP contribution >= 0.6 is 23.2 Å². The number of amides is 1. The molecule has 1 atom stereocenters. The summed E-state index contributed by atoms with van der Waals surface area (Å²) in [5.41, 5.74) is 1.36. The maximum Gasteiger partial charge on any atom is 0.241 e. The molecule has 1 aromatic rings. The molecular formula is C13H17Cl2N3O. The normalized spacial score (nSPS) is 19.8. The predicted octanol–water partition coefficient (Wildman–Crippen LogP) is 3.17. The van der Waals surface area contributed by atoms with Gasteiger partial charge in [-0.3, -0.25) is 4.79 Å². The molecule has 2 N–H and O–H groups in total. The van der Waals surface area contributed by atoms with Crippen molar-refractivity contribution in [2.24, 2.45) is 0 Å².